The van der Waals surface area contributed by atoms with Crippen LogP contribution in [0.25, 0.3) is 0 Å². The van der Waals surface area contributed by atoms with Crippen molar-refractivity contribution in [1.82, 2.24) is 5.32 Å². The molecule has 1 aliphatic heterocycles. The van der Waals surface area contributed by atoms with E-state index in [1.165, 1.54) is 12.2 Å². The Morgan fingerprint density at radius 3 is 3.05 bits per heavy atom. The minimum Gasteiger partial charge on any atom is -0.491 e. The SMILES string of the molecule is Nc1ccccc1OCCC(=O)NC1CCCSC1. The second-order valence-electron chi connectivity index (χ2n) is 4.62. The fraction of sp³-hybridized carbons (Fsp3) is 0.500. The molecule has 0 aromatic heterocycles. The number of benzene rings is 1. The number of carbonyl (C=O) groups excluding carboxylic acids is 1. The van der Waals surface area contributed by atoms with E-state index in [1.807, 2.05) is 30.0 Å². The molecule has 1 aromatic rings. The Morgan fingerprint density at radius 1 is 1.47 bits per heavy atom. The van der Waals surface area contributed by atoms with Gasteiger partial charge in [0.1, 0.15) is 5.75 Å². The van der Waals surface area contributed by atoms with Crippen LogP contribution < -0.4 is 15.8 Å². The van der Waals surface area contributed by atoms with Crippen LogP contribution in [0.5, 0.6) is 5.75 Å². The molecule has 4 nitrogen and oxygen atoms in total. The number of nitrogens with one attached hydrogen (secondary N) is 1. The van der Waals surface area contributed by atoms with Crippen molar-refractivity contribution in [3.8, 4) is 5.75 Å². The lowest BCUT2D eigenvalue weighted by Gasteiger charge is -2.22. The minimum atomic E-state index is 0.0574. The predicted molar refractivity (Wildman–Crippen MR) is 79.5 cm³/mol. The lowest BCUT2D eigenvalue weighted by atomic mass is 10.2. The molecule has 1 heterocycles. The predicted octanol–water partition coefficient (Wildman–Crippen LogP) is 2.05. The molecule has 19 heavy (non-hydrogen) atoms. The molecule has 0 spiro atoms. The molecule has 1 fully saturated rings. The van der Waals surface area contributed by atoms with Gasteiger partial charge >= 0.3 is 0 Å². The summed E-state index contributed by atoms with van der Waals surface area (Å²) in [5.41, 5.74) is 6.36. The van der Waals surface area contributed by atoms with Crippen LogP contribution in [0.2, 0.25) is 0 Å². The molecule has 2 rings (SSSR count). The van der Waals surface area contributed by atoms with Crippen molar-refractivity contribution in [2.24, 2.45) is 0 Å². The number of para-hydroxylation sites is 2. The van der Waals surface area contributed by atoms with Crippen molar-refractivity contribution in [3.05, 3.63) is 24.3 Å². The monoisotopic (exact) mass is 280 g/mol. The van der Waals surface area contributed by atoms with Gasteiger partial charge in [0.05, 0.1) is 18.7 Å². The molecule has 0 bridgehead atoms. The quantitative estimate of drug-likeness (QED) is 0.810. The Morgan fingerprint density at radius 2 is 2.32 bits per heavy atom. The lowest BCUT2D eigenvalue weighted by molar-refractivity contribution is -0.122. The van der Waals surface area contributed by atoms with Gasteiger partial charge in [0.2, 0.25) is 5.91 Å². The maximum Gasteiger partial charge on any atom is 0.223 e. The molecule has 0 saturated carbocycles. The van der Waals surface area contributed by atoms with Crippen molar-refractivity contribution in [2.45, 2.75) is 25.3 Å². The highest BCUT2D eigenvalue weighted by Crippen LogP contribution is 2.20. The first-order chi connectivity index (χ1) is 9.25. The Balaban J connectivity index is 1.67. The summed E-state index contributed by atoms with van der Waals surface area (Å²) in [6.45, 7) is 0.361. The molecule has 1 unspecified atom stereocenters. The van der Waals surface area contributed by atoms with Crippen molar-refractivity contribution in [3.63, 3.8) is 0 Å². The Hall–Kier alpha value is -1.36. The molecule has 1 aliphatic rings. The Kier molecular flexibility index (Phi) is 5.39. The van der Waals surface area contributed by atoms with E-state index in [0.717, 1.165) is 12.2 Å². The minimum absolute atomic E-state index is 0.0574. The van der Waals surface area contributed by atoms with Gasteiger partial charge in [-0.05, 0) is 30.7 Å². The summed E-state index contributed by atoms with van der Waals surface area (Å²) in [6, 6.07) is 7.65. The molecule has 1 atom stereocenters. The highest BCUT2D eigenvalue weighted by molar-refractivity contribution is 7.99. The zero-order valence-corrected chi connectivity index (χ0v) is 11.7. The first-order valence-electron chi connectivity index (χ1n) is 6.60. The van der Waals surface area contributed by atoms with Crippen LogP contribution in [-0.2, 0) is 4.79 Å². The Bertz CT molecular complexity index is 420. The molecule has 1 amide bonds. The third kappa shape index (κ3) is 4.67. The Labute approximate surface area is 118 Å². The first-order valence-corrected chi connectivity index (χ1v) is 7.75. The third-order valence-electron chi connectivity index (χ3n) is 3.03. The number of hydrogen-bond acceptors (Lipinski definition) is 4. The largest absolute Gasteiger partial charge is 0.491 e. The highest BCUT2D eigenvalue weighted by Gasteiger charge is 2.15. The standard InChI is InChI=1S/C14H20N2O2S/c15-12-5-1-2-6-13(12)18-8-7-14(17)16-11-4-3-9-19-10-11/h1-2,5-6,11H,3-4,7-10,15H2,(H,16,17). The van der Waals surface area contributed by atoms with E-state index in [2.05, 4.69) is 5.32 Å². The van der Waals surface area contributed by atoms with E-state index in [4.69, 9.17) is 10.5 Å². The summed E-state index contributed by atoms with van der Waals surface area (Å²) in [5, 5.41) is 3.05. The number of hydrogen-bond donors (Lipinski definition) is 2. The number of nitrogens with two attached hydrogens (primary N) is 1. The number of amides is 1. The zero-order valence-electron chi connectivity index (χ0n) is 10.9. The van der Waals surface area contributed by atoms with Crippen LogP contribution in [0.1, 0.15) is 19.3 Å². The molecule has 3 N–H and O–H groups in total. The number of nitrogen functional groups attached to an aromatic ring is 1. The van der Waals surface area contributed by atoms with Crippen LogP contribution in [-0.4, -0.2) is 30.1 Å². The van der Waals surface area contributed by atoms with E-state index < -0.39 is 0 Å². The van der Waals surface area contributed by atoms with Crippen molar-refractivity contribution < 1.29 is 9.53 Å². The van der Waals surface area contributed by atoms with Gasteiger partial charge < -0.3 is 15.8 Å². The fourth-order valence-electron chi connectivity index (χ4n) is 2.02. The number of carbonyl (C=O) groups is 1. The summed E-state index contributed by atoms with van der Waals surface area (Å²) >= 11 is 1.91. The molecule has 1 aromatic carbocycles. The van der Waals surface area contributed by atoms with Crippen molar-refractivity contribution >= 4 is 23.4 Å². The molecule has 5 heteroatoms. The van der Waals surface area contributed by atoms with Crippen LogP contribution in [0.15, 0.2) is 24.3 Å². The topological polar surface area (TPSA) is 64.3 Å². The summed E-state index contributed by atoms with van der Waals surface area (Å²) in [6.07, 6.45) is 2.65. The van der Waals surface area contributed by atoms with Gasteiger partial charge in [0, 0.05) is 11.8 Å². The molecule has 1 saturated heterocycles. The first kappa shape index (κ1) is 14.1. The highest BCUT2D eigenvalue weighted by atomic mass is 32.2. The molecule has 104 valence electrons. The van der Waals surface area contributed by atoms with Gasteiger partial charge in [-0.15, -0.1) is 0 Å². The summed E-state index contributed by atoms with van der Waals surface area (Å²) in [7, 11) is 0. The number of rotatable bonds is 5. The van der Waals surface area contributed by atoms with Crippen molar-refractivity contribution in [1.29, 1.82) is 0 Å². The number of thioether (sulfide) groups is 1. The summed E-state index contributed by atoms with van der Waals surface area (Å²) < 4.78 is 5.51. The summed E-state index contributed by atoms with van der Waals surface area (Å²) in [4.78, 5) is 11.8. The fourth-order valence-corrected chi connectivity index (χ4v) is 3.09. The maximum absolute atomic E-state index is 11.8. The molecule has 0 radical (unpaired) electrons. The second-order valence-corrected chi connectivity index (χ2v) is 5.77. The average Bonchev–Trinajstić information content (AvgIpc) is 2.42. The van der Waals surface area contributed by atoms with Gasteiger partial charge in [0.15, 0.2) is 0 Å². The normalized spacial score (nSPS) is 18.8. The van der Waals surface area contributed by atoms with Gasteiger partial charge in [0.25, 0.3) is 0 Å². The van der Waals surface area contributed by atoms with E-state index in [1.54, 1.807) is 6.07 Å². The van der Waals surface area contributed by atoms with Gasteiger partial charge in [-0.3, -0.25) is 4.79 Å². The molecular weight excluding hydrogens is 260 g/mol. The van der Waals surface area contributed by atoms with Crippen LogP contribution in [0, 0.1) is 0 Å². The van der Waals surface area contributed by atoms with Crippen molar-refractivity contribution in [2.75, 3.05) is 23.8 Å². The van der Waals surface area contributed by atoms with Gasteiger partial charge in [-0.25, -0.2) is 0 Å². The molecular formula is C14H20N2O2S. The smallest absolute Gasteiger partial charge is 0.223 e. The van der Waals surface area contributed by atoms with Crippen LogP contribution >= 0.6 is 11.8 Å². The van der Waals surface area contributed by atoms with E-state index in [9.17, 15) is 4.79 Å². The van der Waals surface area contributed by atoms with E-state index >= 15 is 0 Å². The molecule has 0 aliphatic carbocycles. The second kappa shape index (κ2) is 7.28. The average molecular weight is 280 g/mol. The number of ether oxygens (including phenoxy) is 1. The van der Waals surface area contributed by atoms with Gasteiger partial charge in [-0.2, -0.15) is 11.8 Å². The lowest BCUT2D eigenvalue weighted by Crippen LogP contribution is -2.38. The number of anilines is 1. The van der Waals surface area contributed by atoms with Crippen LogP contribution in [0.3, 0.4) is 0 Å². The summed E-state index contributed by atoms with van der Waals surface area (Å²) in [5.74, 6) is 2.94. The van der Waals surface area contributed by atoms with Crippen LogP contribution in [0.4, 0.5) is 5.69 Å². The maximum atomic E-state index is 11.8. The zero-order chi connectivity index (χ0) is 13.5. The van der Waals surface area contributed by atoms with E-state index in [-0.39, 0.29) is 5.91 Å². The third-order valence-corrected chi connectivity index (χ3v) is 4.25. The van der Waals surface area contributed by atoms with E-state index in [0.29, 0.717) is 30.5 Å². The van der Waals surface area contributed by atoms with Gasteiger partial charge in [-0.1, -0.05) is 12.1 Å².